The molecule has 1 fully saturated rings. The molecular weight excluding hydrogens is 340 g/mol. The molecule has 0 amide bonds. The van der Waals surface area contributed by atoms with Crippen LogP contribution in [0.1, 0.15) is 38.1 Å². The van der Waals surface area contributed by atoms with Gasteiger partial charge in [0.1, 0.15) is 10.7 Å². The molecule has 1 aromatic carbocycles. The molecule has 1 aliphatic rings. The van der Waals surface area contributed by atoms with Crippen molar-refractivity contribution in [2.24, 2.45) is 0 Å². The Labute approximate surface area is 131 Å². The van der Waals surface area contributed by atoms with Crippen LogP contribution in [-0.2, 0) is 19.3 Å². The van der Waals surface area contributed by atoms with Gasteiger partial charge in [0, 0.05) is 6.61 Å². The number of hydrogen-bond acceptors (Lipinski definition) is 4. The molecule has 2 rings (SSSR count). The van der Waals surface area contributed by atoms with Crippen LogP contribution in [0, 0.1) is 17.5 Å². The summed E-state index contributed by atoms with van der Waals surface area (Å²) in [6, 6.07) is 0.300. The zero-order valence-corrected chi connectivity index (χ0v) is 13.1. The second-order valence-corrected chi connectivity index (χ2v) is 7.27. The Balaban J connectivity index is 2.33. The van der Waals surface area contributed by atoms with E-state index in [4.69, 9.17) is 9.47 Å². The molecule has 1 aromatic rings. The number of benzene rings is 1. The molecule has 0 aromatic heterocycles. The number of rotatable bonds is 5. The Morgan fingerprint density at radius 1 is 1.30 bits per heavy atom. The molecule has 23 heavy (non-hydrogen) atoms. The molecule has 0 saturated carbocycles. The van der Waals surface area contributed by atoms with Gasteiger partial charge >= 0.3 is 0 Å². The lowest BCUT2D eigenvalue weighted by Crippen LogP contribution is -2.24. The maximum absolute atomic E-state index is 14.0. The third-order valence-corrected chi connectivity index (χ3v) is 5.25. The molecule has 0 bridgehead atoms. The molecule has 9 heteroatoms. The van der Waals surface area contributed by atoms with Crippen LogP contribution >= 0.6 is 0 Å². The molecule has 0 radical (unpaired) electrons. The maximum Gasteiger partial charge on any atom is 0.230 e. The Bertz CT molecular complexity index is 672. The normalized spacial score (nSPS) is 20.5. The van der Waals surface area contributed by atoms with Crippen molar-refractivity contribution in [3.8, 4) is 0 Å². The van der Waals surface area contributed by atoms with Gasteiger partial charge in [-0.15, -0.1) is 0 Å². The lowest BCUT2D eigenvalue weighted by atomic mass is 10.2. The van der Waals surface area contributed by atoms with Crippen molar-refractivity contribution in [3.05, 3.63) is 29.1 Å². The molecule has 0 spiro atoms. The summed E-state index contributed by atoms with van der Waals surface area (Å²) in [5.41, 5.74) is -1.04. The number of ether oxygens (including phenoxy) is 2. The summed E-state index contributed by atoms with van der Waals surface area (Å²) >= 11 is 0. The highest BCUT2D eigenvalue weighted by Crippen LogP contribution is 2.32. The van der Waals surface area contributed by atoms with Crippen LogP contribution in [0.25, 0.3) is 0 Å². The van der Waals surface area contributed by atoms with E-state index < -0.39 is 56.1 Å². The largest absolute Gasteiger partial charge is 0.353 e. The average molecular weight is 356 g/mol. The molecule has 1 aliphatic heterocycles. The molecule has 0 N–H and O–H groups in total. The van der Waals surface area contributed by atoms with Crippen molar-refractivity contribution >= 4 is 9.84 Å². The van der Waals surface area contributed by atoms with Crippen molar-refractivity contribution in [2.45, 2.75) is 43.7 Å². The van der Waals surface area contributed by atoms with Crippen LogP contribution in [0.4, 0.5) is 17.6 Å². The van der Waals surface area contributed by atoms with E-state index >= 15 is 0 Å². The third kappa shape index (κ3) is 3.84. The SMILES string of the molecule is CCS(=O)(=O)c1c(F)cc(C(F)OC2CCCCO2)c(F)c1F. The molecule has 1 heterocycles. The van der Waals surface area contributed by atoms with Crippen molar-refractivity contribution < 1.29 is 35.5 Å². The fraction of sp³-hybridized carbons (Fsp3) is 0.571. The van der Waals surface area contributed by atoms with Gasteiger partial charge in [-0.3, -0.25) is 0 Å². The van der Waals surface area contributed by atoms with E-state index in [1.165, 1.54) is 0 Å². The first-order chi connectivity index (χ1) is 10.8. The van der Waals surface area contributed by atoms with Crippen LogP contribution in [0.3, 0.4) is 0 Å². The summed E-state index contributed by atoms with van der Waals surface area (Å²) in [6.07, 6.45) is -1.55. The highest BCUT2D eigenvalue weighted by Gasteiger charge is 2.31. The number of hydrogen-bond donors (Lipinski definition) is 0. The minimum atomic E-state index is -4.33. The van der Waals surface area contributed by atoms with E-state index in [1.807, 2.05) is 0 Å². The monoisotopic (exact) mass is 356 g/mol. The van der Waals surface area contributed by atoms with E-state index in [-0.39, 0.29) is 0 Å². The van der Waals surface area contributed by atoms with Crippen LogP contribution in [0.2, 0.25) is 0 Å². The third-order valence-electron chi connectivity index (χ3n) is 3.49. The maximum atomic E-state index is 14.0. The molecular formula is C14H16F4O4S. The van der Waals surface area contributed by atoms with Crippen molar-refractivity contribution in [2.75, 3.05) is 12.4 Å². The minimum absolute atomic E-state index is 0.300. The van der Waals surface area contributed by atoms with Gasteiger partial charge in [0.2, 0.25) is 6.36 Å². The van der Waals surface area contributed by atoms with Crippen LogP contribution in [-0.4, -0.2) is 27.1 Å². The zero-order chi connectivity index (χ0) is 17.2. The van der Waals surface area contributed by atoms with E-state index in [0.717, 1.165) is 19.8 Å². The first kappa shape index (κ1) is 18.2. The Morgan fingerprint density at radius 3 is 2.57 bits per heavy atom. The Morgan fingerprint density at radius 2 is 2.00 bits per heavy atom. The van der Waals surface area contributed by atoms with Crippen molar-refractivity contribution in [1.29, 1.82) is 0 Å². The molecule has 4 nitrogen and oxygen atoms in total. The number of sulfone groups is 1. The van der Waals surface area contributed by atoms with Gasteiger partial charge in [-0.2, -0.15) is 0 Å². The summed E-state index contributed by atoms with van der Waals surface area (Å²) in [6.45, 7) is 1.50. The summed E-state index contributed by atoms with van der Waals surface area (Å²) in [7, 11) is -4.33. The van der Waals surface area contributed by atoms with E-state index in [9.17, 15) is 26.0 Å². The zero-order valence-electron chi connectivity index (χ0n) is 12.3. The van der Waals surface area contributed by atoms with Crippen molar-refractivity contribution in [1.82, 2.24) is 0 Å². The fourth-order valence-corrected chi connectivity index (χ4v) is 3.22. The van der Waals surface area contributed by atoms with Gasteiger partial charge in [-0.25, -0.2) is 26.0 Å². The van der Waals surface area contributed by atoms with Crippen LogP contribution in [0.5, 0.6) is 0 Å². The van der Waals surface area contributed by atoms with Crippen molar-refractivity contribution in [3.63, 3.8) is 0 Å². The highest BCUT2D eigenvalue weighted by atomic mass is 32.2. The molecule has 130 valence electrons. The number of alkyl halides is 1. The predicted molar refractivity (Wildman–Crippen MR) is 72.6 cm³/mol. The smallest absolute Gasteiger partial charge is 0.230 e. The molecule has 1 saturated heterocycles. The number of halogens is 4. The van der Waals surface area contributed by atoms with Gasteiger partial charge in [0.05, 0.1) is 11.3 Å². The summed E-state index contributed by atoms with van der Waals surface area (Å²) in [5, 5.41) is 0. The van der Waals surface area contributed by atoms with Gasteiger partial charge in [0.15, 0.2) is 27.8 Å². The van der Waals surface area contributed by atoms with Gasteiger partial charge in [0.25, 0.3) is 0 Å². The van der Waals surface area contributed by atoms with Crippen LogP contribution < -0.4 is 0 Å². The van der Waals surface area contributed by atoms with Crippen LogP contribution in [0.15, 0.2) is 11.0 Å². The second kappa shape index (κ2) is 7.14. The minimum Gasteiger partial charge on any atom is -0.353 e. The average Bonchev–Trinajstić information content (AvgIpc) is 2.51. The lowest BCUT2D eigenvalue weighted by Gasteiger charge is -2.24. The quantitative estimate of drug-likeness (QED) is 0.599. The summed E-state index contributed by atoms with van der Waals surface area (Å²) in [5.74, 6) is -5.92. The van der Waals surface area contributed by atoms with Gasteiger partial charge < -0.3 is 9.47 Å². The Hall–Kier alpha value is -1.19. The standard InChI is InChI=1S/C14H16F4O4S/c1-2-23(19,20)13-9(15)7-8(11(16)12(13)17)14(18)22-10-5-3-4-6-21-10/h7,10,14H,2-6H2,1H3. The second-order valence-electron chi connectivity index (χ2n) is 5.06. The lowest BCUT2D eigenvalue weighted by molar-refractivity contribution is -0.221. The molecule has 2 unspecified atom stereocenters. The molecule has 2 atom stereocenters. The fourth-order valence-electron chi connectivity index (χ4n) is 2.22. The Kier molecular flexibility index (Phi) is 5.64. The van der Waals surface area contributed by atoms with Gasteiger partial charge in [-0.05, 0) is 25.3 Å². The first-order valence-electron chi connectivity index (χ1n) is 7.09. The predicted octanol–water partition coefficient (Wildman–Crippen LogP) is 3.41. The van der Waals surface area contributed by atoms with E-state index in [2.05, 4.69) is 0 Å². The van der Waals surface area contributed by atoms with E-state index in [1.54, 1.807) is 0 Å². The summed E-state index contributed by atoms with van der Waals surface area (Å²) < 4.78 is 88.9. The first-order valence-corrected chi connectivity index (χ1v) is 8.74. The summed E-state index contributed by atoms with van der Waals surface area (Å²) in [4.78, 5) is -1.40. The topological polar surface area (TPSA) is 52.6 Å². The van der Waals surface area contributed by atoms with Gasteiger partial charge in [-0.1, -0.05) is 6.92 Å². The molecule has 0 aliphatic carbocycles. The highest BCUT2D eigenvalue weighted by molar-refractivity contribution is 7.91. The van der Waals surface area contributed by atoms with E-state index in [0.29, 0.717) is 19.1 Å².